The lowest BCUT2D eigenvalue weighted by atomic mass is 10.1. The average molecular weight is 366 g/mol. The van der Waals surface area contributed by atoms with Crippen molar-refractivity contribution in [3.8, 4) is 6.07 Å². The van der Waals surface area contributed by atoms with Crippen LogP contribution in [-0.4, -0.2) is 25.8 Å². The van der Waals surface area contributed by atoms with Crippen LogP contribution in [0, 0.1) is 11.3 Å². The Bertz CT molecular complexity index is 725. The predicted octanol–water partition coefficient (Wildman–Crippen LogP) is 2.53. The molecule has 23 heavy (non-hydrogen) atoms. The molecule has 0 saturated carbocycles. The lowest BCUT2D eigenvalue weighted by Crippen LogP contribution is -2.31. The summed E-state index contributed by atoms with van der Waals surface area (Å²) >= 11 is 1.43. The lowest BCUT2D eigenvalue weighted by molar-refractivity contribution is -0.137. The van der Waals surface area contributed by atoms with Crippen LogP contribution in [0.5, 0.6) is 0 Å². The van der Waals surface area contributed by atoms with E-state index in [1.165, 1.54) is 17.8 Å². The molecule has 0 aliphatic carbocycles. The van der Waals surface area contributed by atoms with Gasteiger partial charge in [-0.3, -0.25) is 4.79 Å². The molecular weight excluding hydrogens is 353 g/mol. The number of benzene rings is 1. The monoisotopic (exact) mass is 366 g/mol. The highest BCUT2D eigenvalue weighted by molar-refractivity contribution is 7.99. The molecule has 0 atom stereocenters. The maximum atomic E-state index is 12.8. The lowest BCUT2D eigenvalue weighted by Gasteiger charge is -2.12. The molecule has 10 heteroatoms. The Morgan fingerprint density at radius 3 is 2.57 bits per heavy atom. The molecule has 1 amide bonds. The molecule has 0 aromatic heterocycles. The van der Waals surface area contributed by atoms with E-state index in [4.69, 9.17) is 5.26 Å². The van der Waals surface area contributed by atoms with Crippen LogP contribution in [0.3, 0.4) is 0 Å². The van der Waals surface area contributed by atoms with E-state index in [-0.39, 0.29) is 6.42 Å². The number of amides is 1. The Balaban J connectivity index is 3.06. The van der Waals surface area contributed by atoms with Gasteiger partial charge in [0.25, 0.3) is 10.0 Å². The smallest absolute Gasteiger partial charge is 0.274 e. The normalized spacial score (nSPS) is 11.8. The number of carbonyl (C=O) groups is 1. The number of halogens is 3. The standard InChI is InChI=1S/C13H13F3N2O3S2/c1-2-22-6-5-12(19)18-23(20,21)10-4-3-9(8-17)11(7-10)13(14,15)16/h3-4,7H,2,5-6H2,1H3,(H,18,19). The van der Waals surface area contributed by atoms with Gasteiger partial charge in [0, 0.05) is 12.2 Å². The topological polar surface area (TPSA) is 87.0 Å². The van der Waals surface area contributed by atoms with Gasteiger partial charge < -0.3 is 0 Å². The van der Waals surface area contributed by atoms with Crippen molar-refractivity contribution in [1.29, 1.82) is 5.26 Å². The number of carbonyl (C=O) groups excluding carboxylic acids is 1. The number of nitrogens with one attached hydrogen (secondary N) is 1. The molecule has 1 aromatic rings. The van der Waals surface area contributed by atoms with E-state index in [2.05, 4.69) is 0 Å². The van der Waals surface area contributed by atoms with Crippen molar-refractivity contribution in [2.24, 2.45) is 0 Å². The van der Waals surface area contributed by atoms with Crippen LogP contribution in [0.1, 0.15) is 24.5 Å². The number of sulfonamides is 1. The van der Waals surface area contributed by atoms with Gasteiger partial charge in [-0.1, -0.05) is 6.92 Å². The van der Waals surface area contributed by atoms with Crippen molar-refractivity contribution < 1.29 is 26.4 Å². The fourth-order valence-electron chi connectivity index (χ4n) is 1.59. The van der Waals surface area contributed by atoms with Crippen molar-refractivity contribution in [1.82, 2.24) is 4.72 Å². The number of rotatable bonds is 6. The molecule has 5 nitrogen and oxygen atoms in total. The third-order valence-electron chi connectivity index (χ3n) is 2.65. The van der Waals surface area contributed by atoms with Gasteiger partial charge >= 0.3 is 6.18 Å². The molecule has 0 bridgehead atoms. The SMILES string of the molecule is CCSCCC(=O)NS(=O)(=O)c1ccc(C#N)c(C(F)(F)F)c1. The zero-order chi connectivity index (χ0) is 17.7. The number of thioether (sulfide) groups is 1. The van der Waals surface area contributed by atoms with Gasteiger partial charge in [0.1, 0.15) is 0 Å². The minimum Gasteiger partial charge on any atom is -0.274 e. The summed E-state index contributed by atoms with van der Waals surface area (Å²) in [7, 11) is -4.42. The minimum absolute atomic E-state index is 0.0693. The quantitative estimate of drug-likeness (QED) is 0.782. The summed E-state index contributed by atoms with van der Waals surface area (Å²) in [6.07, 6.45) is -4.95. The van der Waals surface area contributed by atoms with Crippen LogP contribution in [0.15, 0.2) is 23.1 Å². The predicted molar refractivity (Wildman–Crippen MR) is 79.1 cm³/mol. The number of hydrogen-bond acceptors (Lipinski definition) is 5. The van der Waals surface area contributed by atoms with Gasteiger partial charge in [-0.05, 0) is 24.0 Å². The van der Waals surface area contributed by atoms with Crippen molar-refractivity contribution in [3.05, 3.63) is 29.3 Å². The Kier molecular flexibility index (Phi) is 6.47. The molecule has 126 valence electrons. The van der Waals surface area contributed by atoms with Gasteiger partial charge in [0.05, 0.1) is 22.1 Å². The van der Waals surface area contributed by atoms with E-state index in [9.17, 15) is 26.4 Å². The molecule has 1 rings (SSSR count). The highest BCUT2D eigenvalue weighted by atomic mass is 32.2. The first-order valence-corrected chi connectivity index (χ1v) is 9.00. The van der Waals surface area contributed by atoms with Crippen LogP contribution in [-0.2, 0) is 21.0 Å². The van der Waals surface area contributed by atoms with Gasteiger partial charge in [-0.2, -0.15) is 30.2 Å². The number of nitrogens with zero attached hydrogens (tertiary/aromatic N) is 1. The van der Waals surface area contributed by atoms with E-state index in [0.717, 1.165) is 17.9 Å². The Hall–Kier alpha value is -1.73. The molecule has 0 spiro atoms. The number of nitriles is 1. The third-order valence-corrected chi connectivity index (χ3v) is 4.92. The first kappa shape index (κ1) is 19.3. The largest absolute Gasteiger partial charge is 0.417 e. The van der Waals surface area contributed by atoms with Crippen LogP contribution < -0.4 is 4.72 Å². The summed E-state index contributed by atoms with van der Waals surface area (Å²) in [5, 5.41) is 8.67. The highest BCUT2D eigenvalue weighted by Gasteiger charge is 2.35. The summed E-state index contributed by atoms with van der Waals surface area (Å²) in [5.41, 5.74) is -2.06. The zero-order valence-electron chi connectivity index (χ0n) is 12.0. The fraction of sp³-hybridized carbons (Fsp3) is 0.385. The summed E-state index contributed by atoms with van der Waals surface area (Å²) in [5.74, 6) is 0.354. The summed E-state index contributed by atoms with van der Waals surface area (Å²) in [6.45, 7) is 1.87. The first-order chi connectivity index (χ1) is 10.6. The van der Waals surface area contributed by atoms with Crippen LogP contribution in [0.25, 0.3) is 0 Å². The summed E-state index contributed by atoms with van der Waals surface area (Å²) < 4.78 is 64.2. The maximum Gasteiger partial charge on any atom is 0.417 e. The van der Waals surface area contributed by atoms with E-state index in [1.807, 2.05) is 6.92 Å². The van der Waals surface area contributed by atoms with Crippen molar-refractivity contribution in [3.63, 3.8) is 0 Å². The highest BCUT2D eigenvalue weighted by Crippen LogP contribution is 2.33. The van der Waals surface area contributed by atoms with Crippen molar-refractivity contribution in [2.45, 2.75) is 24.4 Å². The molecule has 0 radical (unpaired) electrons. The van der Waals surface area contributed by atoms with Crippen molar-refractivity contribution >= 4 is 27.7 Å². The van der Waals surface area contributed by atoms with Gasteiger partial charge in [0.15, 0.2) is 0 Å². The molecular formula is C13H13F3N2O3S2. The van der Waals surface area contributed by atoms with E-state index >= 15 is 0 Å². The second-order valence-corrected chi connectivity index (χ2v) is 7.37. The molecule has 0 aliphatic rings. The summed E-state index contributed by atoms with van der Waals surface area (Å²) in [4.78, 5) is 10.8. The van der Waals surface area contributed by atoms with E-state index < -0.39 is 38.1 Å². The number of hydrogen-bond donors (Lipinski definition) is 1. The summed E-state index contributed by atoms with van der Waals surface area (Å²) in [6, 6.07) is 3.30. The van der Waals surface area contributed by atoms with Crippen molar-refractivity contribution in [2.75, 3.05) is 11.5 Å². The number of alkyl halides is 3. The zero-order valence-corrected chi connectivity index (χ0v) is 13.6. The first-order valence-electron chi connectivity index (χ1n) is 6.36. The molecule has 0 unspecified atom stereocenters. The Morgan fingerprint density at radius 2 is 2.04 bits per heavy atom. The van der Waals surface area contributed by atoms with Gasteiger partial charge in [-0.25, -0.2) is 13.1 Å². The average Bonchev–Trinajstić information content (AvgIpc) is 2.45. The minimum atomic E-state index is -4.88. The molecule has 1 aromatic carbocycles. The van der Waals surface area contributed by atoms with Gasteiger partial charge in [-0.15, -0.1) is 0 Å². The molecule has 1 N–H and O–H groups in total. The second-order valence-electron chi connectivity index (χ2n) is 4.29. The second kappa shape index (κ2) is 7.70. The third kappa shape index (κ3) is 5.44. The molecule has 0 fully saturated rings. The molecule has 0 aliphatic heterocycles. The molecule has 0 saturated heterocycles. The van der Waals surface area contributed by atoms with Crippen LogP contribution in [0.4, 0.5) is 13.2 Å². The van der Waals surface area contributed by atoms with Gasteiger partial charge in [0.2, 0.25) is 5.91 Å². The van der Waals surface area contributed by atoms with Crippen LogP contribution >= 0.6 is 11.8 Å². The fourth-order valence-corrected chi connectivity index (χ4v) is 3.25. The van der Waals surface area contributed by atoms with E-state index in [1.54, 1.807) is 4.72 Å². The van der Waals surface area contributed by atoms with Crippen LogP contribution in [0.2, 0.25) is 0 Å². The molecule has 0 heterocycles. The Labute approximate surface area is 135 Å². The maximum absolute atomic E-state index is 12.8. The Morgan fingerprint density at radius 1 is 1.39 bits per heavy atom. The van der Waals surface area contributed by atoms with E-state index in [0.29, 0.717) is 11.8 Å².